The van der Waals surface area contributed by atoms with Crippen LogP contribution in [0.15, 0.2) is 0 Å². The first-order valence-corrected chi connectivity index (χ1v) is 12.0. The van der Waals surface area contributed by atoms with Gasteiger partial charge in [0.15, 0.2) is 0 Å². The molecule has 0 rings (SSSR count). The van der Waals surface area contributed by atoms with E-state index in [2.05, 4.69) is 35.0 Å². The van der Waals surface area contributed by atoms with Gasteiger partial charge in [0.1, 0.15) is 0 Å². The molecule has 0 bridgehead atoms. The Kier molecular flexibility index (Phi) is 31.0. The predicted molar refractivity (Wildman–Crippen MR) is 122 cm³/mol. The highest BCUT2D eigenvalue weighted by Crippen LogP contribution is 2.13. The molecule has 168 valence electrons. The first-order chi connectivity index (χ1) is 12.5. The second-order valence-corrected chi connectivity index (χ2v) is 9.11. The Hall–Kier alpha value is 0.210. The molecule has 0 atom stereocenters. The summed E-state index contributed by atoms with van der Waals surface area (Å²) in [6, 6.07) is 0. The summed E-state index contributed by atoms with van der Waals surface area (Å²) in [6.45, 7) is 6.65. The molecule has 0 saturated carbocycles. The first kappa shape index (κ1) is 31.9. The zero-order valence-corrected chi connectivity index (χ0v) is 20.6. The number of hydrogen-bond acceptors (Lipinski definition) is 1. The van der Waals surface area contributed by atoms with E-state index >= 15 is 0 Å². The minimum absolute atomic E-state index is 0. The number of halogens is 1. The maximum Gasteiger partial charge on any atom is 0.0777 e. The third-order valence-corrected chi connectivity index (χ3v) is 4.95. The lowest BCUT2D eigenvalue weighted by molar-refractivity contribution is -0.870. The average Bonchev–Trinajstić information content (AvgIpc) is 2.58. The summed E-state index contributed by atoms with van der Waals surface area (Å²) in [7, 11) is 6.64. The van der Waals surface area contributed by atoms with Crippen molar-refractivity contribution in [1.82, 2.24) is 0 Å². The molecular formula is C24H55ClN2. The number of quaternary nitrogens is 1. The minimum Gasteiger partial charge on any atom is -1.00 e. The van der Waals surface area contributed by atoms with Gasteiger partial charge >= 0.3 is 0 Å². The van der Waals surface area contributed by atoms with Crippen LogP contribution in [0, 0.1) is 0 Å². The predicted octanol–water partition coefficient (Wildman–Crippen LogP) is 4.31. The van der Waals surface area contributed by atoms with E-state index in [0.717, 1.165) is 11.0 Å². The van der Waals surface area contributed by atoms with Gasteiger partial charge in [0.2, 0.25) is 0 Å². The van der Waals surface area contributed by atoms with Crippen molar-refractivity contribution in [3.63, 3.8) is 0 Å². The summed E-state index contributed by atoms with van der Waals surface area (Å²) in [6.07, 6.45) is 24.1. The van der Waals surface area contributed by atoms with Crippen LogP contribution in [-0.4, -0.2) is 38.7 Å². The van der Waals surface area contributed by atoms with Crippen molar-refractivity contribution >= 4 is 0 Å². The Labute approximate surface area is 180 Å². The van der Waals surface area contributed by atoms with Crippen LogP contribution >= 0.6 is 0 Å². The molecule has 0 radical (unpaired) electrons. The van der Waals surface area contributed by atoms with E-state index in [4.69, 9.17) is 5.73 Å². The average molecular weight is 407 g/mol. The Bertz CT molecular complexity index is 223. The van der Waals surface area contributed by atoms with E-state index in [9.17, 15) is 0 Å². The van der Waals surface area contributed by atoms with E-state index < -0.39 is 0 Å². The largest absolute Gasteiger partial charge is 1.00 e. The van der Waals surface area contributed by atoms with Gasteiger partial charge in [-0.15, -0.1) is 0 Å². The molecule has 0 aromatic rings. The van der Waals surface area contributed by atoms with Gasteiger partial charge in [-0.2, -0.15) is 0 Å². The summed E-state index contributed by atoms with van der Waals surface area (Å²) in [5.74, 6) is 0. The fourth-order valence-corrected chi connectivity index (χ4v) is 3.36. The van der Waals surface area contributed by atoms with Crippen LogP contribution in [0.1, 0.15) is 123 Å². The summed E-state index contributed by atoms with van der Waals surface area (Å²) < 4.78 is 1.09. The van der Waals surface area contributed by atoms with Crippen LogP contribution in [0.2, 0.25) is 0 Å². The lowest BCUT2D eigenvalue weighted by Crippen LogP contribution is -3.00. The SMILES string of the molecule is CCCCCCCCCCCCCCCCCCN.CCC[N+](C)(C)C.[Cl-]. The number of unbranched alkanes of at least 4 members (excludes halogenated alkanes) is 15. The van der Waals surface area contributed by atoms with Crippen LogP contribution in [0.25, 0.3) is 0 Å². The highest BCUT2D eigenvalue weighted by atomic mass is 35.5. The van der Waals surface area contributed by atoms with E-state index in [0.29, 0.717) is 0 Å². The zero-order chi connectivity index (χ0) is 19.9. The molecule has 2 nitrogen and oxygen atoms in total. The Morgan fingerprint density at radius 1 is 0.481 bits per heavy atom. The van der Waals surface area contributed by atoms with Crippen LogP contribution in [0.5, 0.6) is 0 Å². The monoisotopic (exact) mass is 406 g/mol. The van der Waals surface area contributed by atoms with Crippen molar-refractivity contribution in [3.8, 4) is 0 Å². The van der Waals surface area contributed by atoms with Crippen molar-refractivity contribution in [2.45, 2.75) is 123 Å². The summed E-state index contributed by atoms with van der Waals surface area (Å²) in [5.41, 5.74) is 5.48. The molecule has 0 aromatic carbocycles. The van der Waals surface area contributed by atoms with Crippen LogP contribution in [0.4, 0.5) is 0 Å². The number of nitrogens with zero attached hydrogens (tertiary/aromatic N) is 1. The summed E-state index contributed by atoms with van der Waals surface area (Å²) >= 11 is 0. The second kappa shape index (κ2) is 26.2. The van der Waals surface area contributed by atoms with Crippen molar-refractivity contribution in [2.75, 3.05) is 34.2 Å². The van der Waals surface area contributed by atoms with Crippen LogP contribution in [0.3, 0.4) is 0 Å². The van der Waals surface area contributed by atoms with Gasteiger partial charge in [-0.25, -0.2) is 0 Å². The van der Waals surface area contributed by atoms with Gasteiger partial charge in [-0.05, 0) is 19.4 Å². The standard InChI is InChI=1S/C18H39N.C6H16N.ClH/c1-2-3-4-5-6-7-8-9-10-11-12-13-14-15-16-17-18-19;1-5-6-7(2,3)4;/h2-19H2,1H3;5-6H2,1-4H3;1H/q;+1;/p-1. The first-order valence-electron chi connectivity index (χ1n) is 12.0. The maximum absolute atomic E-state index is 5.48. The molecule has 0 aromatic heterocycles. The summed E-state index contributed by atoms with van der Waals surface area (Å²) in [5, 5.41) is 0. The van der Waals surface area contributed by atoms with Gasteiger partial charge in [0, 0.05) is 0 Å². The molecule has 0 unspecified atom stereocenters. The molecule has 3 heteroatoms. The van der Waals surface area contributed by atoms with Crippen molar-refractivity contribution in [2.24, 2.45) is 5.73 Å². The molecule has 0 spiro atoms. The second-order valence-electron chi connectivity index (χ2n) is 9.11. The van der Waals surface area contributed by atoms with Gasteiger partial charge in [0.05, 0.1) is 27.7 Å². The fraction of sp³-hybridized carbons (Fsp3) is 1.00. The normalized spacial score (nSPS) is 10.9. The molecular weight excluding hydrogens is 352 g/mol. The number of hydrogen-bond donors (Lipinski definition) is 1. The molecule has 0 aliphatic carbocycles. The number of nitrogens with two attached hydrogens (primary N) is 1. The maximum atomic E-state index is 5.48. The molecule has 2 N–H and O–H groups in total. The molecule has 0 aliphatic rings. The number of rotatable bonds is 18. The highest BCUT2D eigenvalue weighted by Gasteiger charge is 2.01. The molecule has 0 heterocycles. The van der Waals surface area contributed by atoms with Crippen molar-refractivity contribution < 1.29 is 16.9 Å². The Morgan fingerprint density at radius 2 is 0.778 bits per heavy atom. The molecule has 0 aliphatic heterocycles. The fourth-order valence-electron chi connectivity index (χ4n) is 3.36. The zero-order valence-electron chi connectivity index (χ0n) is 19.8. The van der Waals surface area contributed by atoms with Gasteiger partial charge in [-0.1, -0.05) is 110 Å². The lowest BCUT2D eigenvalue weighted by atomic mass is 10.0. The summed E-state index contributed by atoms with van der Waals surface area (Å²) in [4.78, 5) is 0. The van der Waals surface area contributed by atoms with E-state index in [1.165, 1.54) is 116 Å². The third-order valence-electron chi connectivity index (χ3n) is 4.95. The third kappa shape index (κ3) is 37.6. The highest BCUT2D eigenvalue weighted by molar-refractivity contribution is 4.50. The minimum atomic E-state index is 0. The molecule has 27 heavy (non-hydrogen) atoms. The lowest BCUT2D eigenvalue weighted by Gasteiger charge is -2.22. The molecule has 0 amide bonds. The van der Waals surface area contributed by atoms with Crippen molar-refractivity contribution in [3.05, 3.63) is 0 Å². The Morgan fingerprint density at radius 3 is 0.963 bits per heavy atom. The Balaban J connectivity index is -0.000000612. The quantitative estimate of drug-likeness (QED) is 0.266. The van der Waals surface area contributed by atoms with Crippen molar-refractivity contribution in [1.29, 1.82) is 0 Å². The smallest absolute Gasteiger partial charge is 0.0777 e. The van der Waals surface area contributed by atoms with E-state index in [1.807, 2.05) is 0 Å². The van der Waals surface area contributed by atoms with E-state index in [-0.39, 0.29) is 12.4 Å². The van der Waals surface area contributed by atoms with Crippen LogP contribution in [-0.2, 0) is 0 Å². The van der Waals surface area contributed by atoms with Gasteiger partial charge in [0.25, 0.3) is 0 Å². The van der Waals surface area contributed by atoms with Gasteiger partial charge in [-0.3, -0.25) is 0 Å². The van der Waals surface area contributed by atoms with E-state index in [1.54, 1.807) is 0 Å². The molecule has 0 saturated heterocycles. The van der Waals surface area contributed by atoms with Gasteiger partial charge < -0.3 is 22.6 Å². The van der Waals surface area contributed by atoms with Crippen LogP contribution < -0.4 is 18.1 Å². The topological polar surface area (TPSA) is 26.0 Å². The molecule has 0 fully saturated rings.